The van der Waals surface area contributed by atoms with Crippen LogP contribution in [-0.2, 0) is 10.0 Å². The van der Waals surface area contributed by atoms with Crippen LogP contribution >= 0.6 is 24.0 Å². The summed E-state index contributed by atoms with van der Waals surface area (Å²) in [6.45, 7) is 9.93. The van der Waals surface area contributed by atoms with Gasteiger partial charge in [0.05, 0.1) is 12.3 Å². The smallest absolute Gasteiger partial charge is 0.215 e. The minimum absolute atomic E-state index is 0. The van der Waals surface area contributed by atoms with E-state index < -0.39 is 10.0 Å². The van der Waals surface area contributed by atoms with Crippen molar-refractivity contribution in [3.05, 3.63) is 0 Å². The second kappa shape index (κ2) is 10.6. The van der Waals surface area contributed by atoms with E-state index in [0.717, 1.165) is 25.6 Å². The molecule has 1 saturated heterocycles. The number of nitrogens with one attached hydrogen (secondary N) is 1. The molecule has 0 aromatic carbocycles. The van der Waals surface area contributed by atoms with Gasteiger partial charge in [-0.2, -0.15) is 0 Å². The summed E-state index contributed by atoms with van der Waals surface area (Å²) in [5.74, 6) is 0.928. The zero-order valence-electron chi connectivity index (χ0n) is 13.3. The SMILES string of the molecule is CCNC(=NCCS(=O)(=O)N(CC)CC)N1CCCC1.I. The van der Waals surface area contributed by atoms with Crippen molar-refractivity contribution in [1.29, 1.82) is 0 Å². The van der Waals surface area contributed by atoms with Gasteiger partial charge in [0.2, 0.25) is 10.0 Å². The maximum absolute atomic E-state index is 12.1. The van der Waals surface area contributed by atoms with Crippen LogP contribution in [-0.4, -0.2) is 68.6 Å². The Labute approximate surface area is 146 Å². The summed E-state index contributed by atoms with van der Waals surface area (Å²) in [4.78, 5) is 6.66. The van der Waals surface area contributed by atoms with Gasteiger partial charge in [-0.05, 0) is 19.8 Å². The van der Waals surface area contributed by atoms with Gasteiger partial charge in [0.15, 0.2) is 5.96 Å². The van der Waals surface area contributed by atoms with Crippen molar-refractivity contribution in [3.8, 4) is 0 Å². The fraction of sp³-hybridized carbons (Fsp3) is 0.923. The van der Waals surface area contributed by atoms with Gasteiger partial charge in [-0.15, -0.1) is 24.0 Å². The number of halogens is 1. The van der Waals surface area contributed by atoms with Crippen LogP contribution in [0, 0.1) is 0 Å². The van der Waals surface area contributed by atoms with Crippen LogP contribution in [0.25, 0.3) is 0 Å². The zero-order valence-corrected chi connectivity index (χ0v) is 16.5. The molecule has 1 fully saturated rings. The molecule has 1 aliphatic rings. The number of guanidine groups is 1. The van der Waals surface area contributed by atoms with E-state index in [1.165, 1.54) is 17.1 Å². The summed E-state index contributed by atoms with van der Waals surface area (Å²) in [7, 11) is -3.18. The third-order valence-electron chi connectivity index (χ3n) is 3.45. The van der Waals surface area contributed by atoms with Crippen LogP contribution in [0.2, 0.25) is 0 Å². The first-order valence-electron chi connectivity index (χ1n) is 7.56. The summed E-state index contributed by atoms with van der Waals surface area (Å²) in [6, 6.07) is 0. The van der Waals surface area contributed by atoms with Crippen molar-refractivity contribution < 1.29 is 8.42 Å². The molecule has 0 atom stereocenters. The fourth-order valence-corrected chi connectivity index (χ4v) is 3.73. The molecule has 1 rings (SSSR count). The molecule has 0 unspecified atom stereocenters. The van der Waals surface area contributed by atoms with Crippen LogP contribution in [0.3, 0.4) is 0 Å². The van der Waals surface area contributed by atoms with Gasteiger partial charge in [0.1, 0.15) is 0 Å². The summed E-state index contributed by atoms with van der Waals surface area (Å²) in [6.07, 6.45) is 2.37. The van der Waals surface area contributed by atoms with E-state index in [2.05, 4.69) is 15.2 Å². The van der Waals surface area contributed by atoms with E-state index >= 15 is 0 Å². The fourth-order valence-electron chi connectivity index (χ4n) is 2.37. The topological polar surface area (TPSA) is 65.0 Å². The van der Waals surface area contributed by atoms with E-state index in [1.807, 2.05) is 20.8 Å². The first-order valence-corrected chi connectivity index (χ1v) is 9.17. The standard InChI is InChI=1S/C13H28N4O2S.HI/c1-4-14-13(16-10-7-8-11-16)15-9-12-20(18,19)17(5-2)6-3;/h4-12H2,1-3H3,(H,14,15);1H. The average Bonchev–Trinajstić information content (AvgIpc) is 2.92. The van der Waals surface area contributed by atoms with Crippen LogP contribution in [0.4, 0.5) is 0 Å². The van der Waals surface area contributed by atoms with Crippen LogP contribution < -0.4 is 5.32 Å². The molecule has 1 heterocycles. The van der Waals surface area contributed by atoms with Gasteiger partial charge in [-0.3, -0.25) is 4.99 Å². The predicted molar refractivity (Wildman–Crippen MR) is 98.9 cm³/mol. The number of hydrogen-bond acceptors (Lipinski definition) is 3. The van der Waals surface area contributed by atoms with E-state index in [0.29, 0.717) is 19.6 Å². The van der Waals surface area contributed by atoms with Gasteiger partial charge in [-0.1, -0.05) is 13.8 Å². The molecule has 0 saturated carbocycles. The first kappa shape index (κ1) is 20.9. The highest BCUT2D eigenvalue weighted by Gasteiger charge is 2.19. The van der Waals surface area contributed by atoms with Gasteiger partial charge >= 0.3 is 0 Å². The van der Waals surface area contributed by atoms with Crippen LogP contribution in [0.15, 0.2) is 4.99 Å². The van der Waals surface area contributed by atoms with Crippen molar-refractivity contribution in [2.75, 3.05) is 45.0 Å². The second-order valence-corrected chi connectivity index (χ2v) is 6.92. The molecule has 0 aliphatic carbocycles. The Morgan fingerprint density at radius 2 is 1.76 bits per heavy atom. The first-order chi connectivity index (χ1) is 9.55. The average molecular weight is 432 g/mol. The maximum atomic E-state index is 12.1. The Kier molecular flexibility index (Phi) is 10.6. The Balaban J connectivity index is 0.00000400. The third kappa shape index (κ3) is 6.68. The van der Waals surface area contributed by atoms with Gasteiger partial charge in [-0.25, -0.2) is 12.7 Å². The molecule has 21 heavy (non-hydrogen) atoms. The largest absolute Gasteiger partial charge is 0.357 e. The number of hydrogen-bond donors (Lipinski definition) is 1. The van der Waals surface area contributed by atoms with E-state index in [4.69, 9.17) is 0 Å². The minimum atomic E-state index is -3.18. The molecule has 0 spiro atoms. The highest BCUT2D eigenvalue weighted by atomic mass is 127. The van der Waals surface area contributed by atoms with Gasteiger partial charge < -0.3 is 10.2 Å². The van der Waals surface area contributed by atoms with Crippen molar-refractivity contribution in [1.82, 2.24) is 14.5 Å². The Bertz CT molecular complexity index is 404. The molecular formula is C13H29IN4O2S. The highest BCUT2D eigenvalue weighted by Crippen LogP contribution is 2.07. The lowest BCUT2D eigenvalue weighted by atomic mass is 10.4. The molecule has 0 amide bonds. The summed E-state index contributed by atoms with van der Waals surface area (Å²) in [5.41, 5.74) is 0. The lowest BCUT2D eigenvalue weighted by molar-refractivity contribution is 0.445. The van der Waals surface area contributed by atoms with Gasteiger partial charge in [0, 0.05) is 32.7 Å². The molecule has 0 aromatic heterocycles. The monoisotopic (exact) mass is 432 g/mol. The number of sulfonamides is 1. The molecule has 0 bridgehead atoms. The molecule has 0 aromatic rings. The molecule has 1 N–H and O–H groups in total. The van der Waals surface area contributed by atoms with Crippen molar-refractivity contribution >= 4 is 40.0 Å². The van der Waals surface area contributed by atoms with Crippen LogP contribution in [0.1, 0.15) is 33.6 Å². The minimum Gasteiger partial charge on any atom is -0.357 e. The van der Waals surface area contributed by atoms with E-state index in [1.54, 1.807) is 0 Å². The zero-order chi connectivity index (χ0) is 15.0. The van der Waals surface area contributed by atoms with Gasteiger partial charge in [0.25, 0.3) is 0 Å². The predicted octanol–water partition coefficient (Wildman–Crippen LogP) is 1.34. The number of likely N-dealkylation sites (tertiary alicyclic amines) is 1. The van der Waals surface area contributed by atoms with E-state index in [9.17, 15) is 8.42 Å². The number of aliphatic imine (C=N–C) groups is 1. The van der Waals surface area contributed by atoms with Crippen molar-refractivity contribution in [2.24, 2.45) is 4.99 Å². The summed E-state index contributed by atoms with van der Waals surface area (Å²) >= 11 is 0. The number of nitrogens with zero attached hydrogens (tertiary/aromatic N) is 3. The maximum Gasteiger partial charge on any atom is 0.215 e. The van der Waals surface area contributed by atoms with Crippen LogP contribution in [0.5, 0.6) is 0 Å². The molecule has 6 nitrogen and oxygen atoms in total. The third-order valence-corrected chi connectivity index (χ3v) is 5.45. The number of rotatable bonds is 7. The second-order valence-electron chi connectivity index (χ2n) is 4.83. The lowest BCUT2D eigenvalue weighted by Gasteiger charge is -2.21. The quantitative estimate of drug-likeness (QED) is 0.375. The van der Waals surface area contributed by atoms with Crippen molar-refractivity contribution in [3.63, 3.8) is 0 Å². The Hall–Kier alpha value is -0.0900. The highest BCUT2D eigenvalue weighted by molar-refractivity contribution is 14.0. The molecular weight excluding hydrogens is 403 g/mol. The van der Waals surface area contributed by atoms with Crippen molar-refractivity contribution in [2.45, 2.75) is 33.6 Å². The molecule has 0 radical (unpaired) electrons. The molecule has 8 heteroatoms. The Morgan fingerprint density at radius 3 is 2.24 bits per heavy atom. The summed E-state index contributed by atoms with van der Waals surface area (Å²) in [5, 5.41) is 3.24. The molecule has 1 aliphatic heterocycles. The normalized spacial score (nSPS) is 16.2. The Morgan fingerprint density at radius 1 is 1.19 bits per heavy atom. The van der Waals surface area contributed by atoms with E-state index in [-0.39, 0.29) is 29.7 Å². The molecule has 126 valence electrons. The summed E-state index contributed by atoms with van der Waals surface area (Å²) < 4.78 is 25.6. The lowest BCUT2D eigenvalue weighted by Crippen LogP contribution is -2.40.